The molecule has 0 amide bonds. The van der Waals surface area contributed by atoms with Crippen molar-refractivity contribution in [1.82, 2.24) is 8.75 Å². The molecule has 0 aliphatic carbocycles. The van der Waals surface area contributed by atoms with E-state index in [1.165, 1.54) is 17.4 Å². The van der Waals surface area contributed by atoms with E-state index >= 15 is 0 Å². The first-order chi connectivity index (χ1) is 38.7. The Morgan fingerprint density at radius 2 is 0.734 bits per heavy atom. The van der Waals surface area contributed by atoms with Crippen LogP contribution in [0.25, 0.3) is 48.4 Å². The molecule has 11 aromatic rings. The van der Waals surface area contributed by atoms with Gasteiger partial charge >= 0.3 is 5.97 Å². The Kier molecular flexibility index (Phi) is 14.9. The van der Waals surface area contributed by atoms with Crippen LogP contribution in [0.1, 0.15) is 4.88 Å². The molecule has 15 heteroatoms. The maximum absolute atomic E-state index is 11.5. The van der Waals surface area contributed by atoms with E-state index in [-0.39, 0.29) is 5.57 Å². The molecule has 12 nitrogen and oxygen atoms in total. The summed E-state index contributed by atoms with van der Waals surface area (Å²) in [5, 5.41) is 18.7. The number of rotatable bonds is 18. The summed E-state index contributed by atoms with van der Waals surface area (Å²) in [5.74, 6) is 1.84. The van der Waals surface area contributed by atoms with E-state index < -0.39 is 5.97 Å². The molecule has 0 radical (unpaired) electrons. The topological polar surface area (TPSA) is 134 Å². The average molecular weight is 1090 g/mol. The van der Waals surface area contributed by atoms with Crippen LogP contribution in [0.15, 0.2) is 212 Å². The molecule has 3 aromatic heterocycles. The molecule has 1 N–H and O–H groups in total. The van der Waals surface area contributed by atoms with Gasteiger partial charge in [0.25, 0.3) is 0 Å². The van der Waals surface area contributed by atoms with E-state index in [4.69, 9.17) is 27.7 Å². The van der Waals surface area contributed by atoms with E-state index in [2.05, 4.69) is 154 Å². The molecule has 0 bridgehead atoms. The molecule has 3 heterocycles. The van der Waals surface area contributed by atoms with Crippen LogP contribution in [0.5, 0.6) is 23.0 Å². The second-order valence-corrected chi connectivity index (χ2v) is 20.6. The Morgan fingerprint density at radius 1 is 0.430 bits per heavy atom. The minimum Gasteiger partial charge on any atom is -0.497 e. The maximum atomic E-state index is 11.5. The first-order valence-corrected chi connectivity index (χ1v) is 27.2. The molecular formula is C64H48N6O6S3. The number of anilines is 9. The number of carboxylic acids is 1. The van der Waals surface area contributed by atoms with E-state index in [9.17, 15) is 15.2 Å². The summed E-state index contributed by atoms with van der Waals surface area (Å²) in [7, 11) is 6.68. The number of carbonyl (C=O) groups is 1. The molecule has 11 rings (SSSR count). The minimum atomic E-state index is -1.26. The summed E-state index contributed by atoms with van der Waals surface area (Å²) in [6.45, 7) is 0. The Hall–Kier alpha value is -9.72. The van der Waals surface area contributed by atoms with Gasteiger partial charge in [0.2, 0.25) is 0 Å². The van der Waals surface area contributed by atoms with Crippen LogP contribution in [0.2, 0.25) is 0 Å². The standard InChI is InChI=1S/C64H48N6O6S3/c1-73-52-25-17-48(18-26-52)69(49-19-27-53(74-2)28-20-49)46-13-9-44(10-14-46)68(45-11-15-47(16-12-45)70(50-21-29-54(75-3)30-22-50)51-23-31-55(76-4)32-24-51)43-7-5-41(6-8-43)59-37-38-61(78-59)58-35-34-57(62-63(58)67-79-66-62)60-36-33-56(77-60)39-42(40-65)64(71)72/h5-39H,1-4H3,(H,71,72)/b42-39-. The van der Waals surface area contributed by atoms with Crippen molar-refractivity contribution in [2.24, 2.45) is 0 Å². The van der Waals surface area contributed by atoms with Crippen molar-refractivity contribution in [3.8, 4) is 60.4 Å². The van der Waals surface area contributed by atoms with Crippen molar-refractivity contribution < 1.29 is 28.8 Å². The van der Waals surface area contributed by atoms with E-state index in [0.29, 0.717) is 4.88 Å². The van der Waals surface area contributed by atoms with E-state index in [1.54, 1.807) is 45.8 Å². The van der Waals surface area contributed by atoms with Crippen LogP contribution < -0.4 is 33.6 Å². The third-order valence-electron chi connectivity index (χ3n) is 13.3. The lowest BCUT2D eigenvalue weighted by molar-refractivity contribution is -0.132. The van der Waals surface area contributed by atoms with Crippen LogP contribution in [-0.2, 0) is 4.79 Å². The van der Waals surface area contributed by atoms with Crippen molar-refractivity contribution in [2.75, 3.05) is 43.1 Å². The van der Waals surface area contributed by atoms with Gasteiger partial charge in [-0.25, -0.2) is 4.79 Å². The van der Waals surface area contributed by atoms with Crippen molar-refractivity contribution in [3.63, 3.8) is 0 Å². The summed E-state index contributed by atoms with van der Waals surface area (Å²) in [6.07, 6.45) is 1.39. The van der Waals surface area contributed by atoms with Gasteiger partial charge in [-0.05, 0) is 194 Å². The number of carboxylic acid groups (broad SMARTS) is 1. The van der Waals surface area contributed by atoms with Crippen molar-refractivity contribution in [2.45, 2.75) is 0 Å². The fourth-order valence-corrected chi connectivity index (χ4v) is 11.9. The number of aliphatic carboxylic acids is 1. The number of fused-ring (bicyclic) bond motifs is 1. The number of methoxy groups -OCH3 is 4. The number of thiophene rings is 2. The molecule has 8 aromatic carbocycles. The van der Waals surface area contributed by atoms with Crippen molar-refractivity contribution >= 4 is 109 Å². The summed E-state index contributed by atoms with van der Waals surface area (Å²) in [4.78, 5) is 21.9. The smallest absolute Gasteiger partial charge is 0.346 e. The molecule has 0 atom stereocenters. The van der Waals surface area contributed by atoms with Crippen LogP contribution >= 0.6 is 34.4 Å². The fraction of sp³-hybridized carbons (Fsp3) is 0.0625. The van der Waals surface area contributed by atoms with Gasteiger partial charge in [0.15, 0.2) is 0 Å². The summed E-state index contributed by atoms with van der Waals surface area (Å²) < 4.78 is 31.5. The Morgan fingerprint density at radius 3 is 1.06 bits per heavy atom. The quantitative estimate of drug-likeness (QED) is 0.0648. The highest BCUT2D eigenvalue weighted by atomic mass is 32.1. The van der Waals surface area contributed by atoms with E-state index in [1.807, 2.05) is 66.7 Å². The van der Waals surface area contributed by atoms with Gasteiger partial charge in [0.05, 0.1) is 40.2 Å². The highest BCUT2D eigenvalue weighted by Gasteiger charge is 2.21. The summed E-state index contributed by atoms with van der Waals surface area (Å²) in [6, 6.07) is 71.9. The summed E-state index contributed by atoms with van der Waals surface area (Å²) in [5.41, 5.74) is 12.9. The average Bonchev–Trinajstić information content (AvgIpc) is 4.39. The van der Waals surface area contributed by atoms with Crippen molar-refractivity contribution in [1.29, 1.82) is 5.26 Å². The number of ether oxygens (including phenoxy) is 4. The zero-order valence-electron chi connectivity index (χ0n) is 43.1. The fourth-order valence-electron chi connectivity index (χ4n) is 9.30. The molecular weight excluding hydrogens is 1040 g/mol. The number of benzene rings is 8. The Balaban J connectivity index is 0.943. The highest BCUT2D eigenvalue weighted by molar-refractivity contribution is 7.19. The van der Waals surface area contributed by atoms with Gasteiger partial charge in [-0.1, -0.05) is 24.3 Å². The number of nitrogens with zero attached hydrogens (tertiary/aromatic N) is 6. The normalized spacial score (nSPS) is 11.2. The molecule has 0 spiro atoms. The van der Waals surface area contributed by atoms with Crippen LogP contribution in [0.4, 0.5) is 51.2 Å². The first kappa shape index (κ1) is 51.4. The zero-order valence-corrected chi connectivity index (χ0v) is 45.6. The van der Waals surface area contributed by atoms with Gasteiger partial charge in [-0.15, -0.1) is 22.7 Å². The second kappa shape index (κ2) is 22.9. The molecule has 0 fully saturated rings. The third kappa shape index (κ3) is 10.7. The molecule has 388 valence electrons. The molecule has 0 aliphatic heterocycles. The van der Waals surface area contributed by atoms with Crippen LogP contribution in [-0.4, -0.2) is 48.3 Å². The largest absolute Gasteiger partial charge is 0.497 e. The van der Waals surface area contributed by atoms with Gasteiger partial charge in [-0.2, -0.15) is 14.0 Å². The van der Waals surface area contributed by atoms with Gasteiger partial charge < -0.3 is 38.8 Å². The second-order valence-electron chi connectivity index (χ2n) is 17.8. The molecule has 0 aliphatic rings. The maximum Gasteiger partial charge on any atom is 0.346 e. The molecule has 79 heavy (non-hydrogen) atoms. The minimum absolute atomic E-state index is 0.320. The monoisotopic (exact) mass is 1090 g/mol. The SMILES string of the molecule is COc1ccc(N(c2ccc(OC)cc2)c2ccc(N(c3ccc(-c4ccc(-c5ccc(-c6ccc(/C=C(/C#N)C(=O)O)s6)c6nsnc56)s4)cc3)c3ccc(N(c4ccc(OC)cc4)c4ccc(OC)cc4)cc3)cc2)cc1. The molecule has 0 saturated carbocycles. The molecule has 0 saturated heterocycles. The lowest BCUT2D eigenvalue weighted by Gasteiger charge is -2.29. The predicted molar refractivity (Wildman–Crippen MR) is 321 cm³/mol. The third-order valence-corrected chi connectivity index (χ3v) is 16.0. The number of hydrogen-bond donors (Lipinski definition) is 1. The number of hydrogen-bond acceptors (Lipinski definition) is 14. The number of aromatic nitrogens is 2. The van der Waals surface area contributed by atoms with Gasteiger partial charge in [-0.3, -0.25) is 0 Å². The molecule has 0 unspecified atom stereocenters. The van der Waals surface area contributed by atoms with Gasteiger partial charge in [0, 0.05) is 81.8 Å². The lowest BCUT2D eigenvalue weighted by Crippen LogP contribution is -2.13. The van der Waals surface area contributed by atoms with Crippen LogP contribution in [0, 0.1) is 11.3 Å². The summed E-state index contributed by atoms with van der Waals surface area (Å²) >= 11 is 4.24. The Labute approximate surface area is 469 Å². The van der Waals surface area contributed by atoms with Crippen molar-refractivity contribution in [3.05, 3.63) is 217 Å². The van der Waals surface area contributed by atoms with Crippen LogP contribution in [0.3, 0.4) is 0 Å². The van der Waals surface area contributed by atoms with Gasteiger partial charge in [0.1, 0.15) is 45.7 Å². The zero-order chi connectivity index (χ0) is 54.4. The van der Waals surface area contributed by atoms with E-state index in [0.717, 1.165) is 128 Å². The highest BCUT2D eigenvalue weighted by Crippen LogP contribution is 2.45. The Bertz CT molecular complexity index is 3750. The lowest BCUT2D eigenvalue weighted by atomic mass is 10.1. The number of nitriles is 1. The first-order valence-electron chi connectivity index (χ1n) is 24.8. The predicted octanol–water partition coefficient (Wildman–Crippen LogP) is 17.3.